The largest absolute Gasteiger partial charge is 0.348 e. The van der Waals surface area contributed by atoms with E-state index in [1.54, 1.807) is 17.6 Å². The fourth-order valence-electron chi connectivity index (χ4n) is 1.66. The van der Waals surface area contributed by atoms with Crippen LogP contribution >= 0.6 is 27.5 Å². The zero-order valence-corrected chi connectivity index (χ0v) is 12.3. The van der Waals surface area contributed by atoms with Crippen molar-refractivity contribution in [1.29, 1.82) is 0 Å². The summed E-state index contributed by atoms with van der Waals surface area (Å²) in [5.74, 6) is 0. The molecule has 0 amide bonds. The van der Waals surface area contributed by atoms with Crippen LogP contribution < -0.4 is 5.69 Å². The monoisotopic (exact) mass is 327 g/mol. The molecule has 0 atom stereocenters. The van der Waals surface area contributed by atoms with Crippen molar-refractivity contribution in [2.75, 3.05) is 0 Å². The fourth-order valence-corrected chi connectivity index (χ4v) is 2.15. The normalized spacial score (nSPS) is 10.7. The van der Waals surface area contributed by atoms with Gasteiger partial charge in [0.15, 0.2) is 0 Å². The average molecular weight is 329 g/mol. The average Bonchev–Trinajstić information content (AvgIpc) is 2.32. The Hall–Kier alpha value is -1.20. The Kier molecular flexibility index (Phi) is 3.82. The van der Waals surface area contributed by atoms with Gasteiger partial charge in [-0.1, -0.05) is 17.7 Å². The van der Waals surface area contributed by atoms with Gasteiger partial charge in [0.1, 0.15) is 5.15 Å². The molecule has 0 aromatic carbocycles. The van der Waals surface area contributed by atoms with Crippen LogP contribution in [0.2, 0.25) is 5.15 Å². The highest BCUT2D eigenvalue weighted by molar-refractivity contribution is 9.10. The number of nitrogens with zero attached hydrogens (tertiary/aromatic N) is 3. The molecule has 6 heteroatoms. The predicted octanol–water partition coefficient (Wildman–Crippen LogP) is 2.72. The van der Waals surface area contributed by atoms with Crippen molar-refractivity contribution in [3.05, 3.63) is 55.4 Å². The summed E-state index contributed by atoms with van der Waals surface area (Å²) in [5.41, 5.74) is 1.96. The van der Waals surface area contributed by atoms with Gasteiger partial charge in [0.25, 0.3) is 0 Å². The molecule has 0 aliphatic rings. The first-order chi connectivity index (χ1) is 8.49. The van der Waals surface area contributed by atoms with E-state index in [-0.39, 0.29) is 5.69 Å². The molecule has 2 aromatic rings. The van der Waals surface area contributed by atoms with E-state index in [2.05, 4.69) is 25.9 Å². The molecule has 0 bridgehead atoms. The van der Waals surface area contributed by atoms with E-state index in [1.165, 1.54) is 0 Å². The van der Waals surface area contributed by atoms with Gasteiger partial charge < -0.3 is 0 Å². The minimum atomic E-state index is -0.282. The number of aryl methyl sites for hydroxylation is 1. The standard InChI is InChI=1S/C12H11BrClN3O/c1-7-11(13)8(2)17(12(18)15-7)6-9-4-3-5-10(14)16-9/h3-5H,6H2,1-2H3. The minimum Gasteiger partial charge on any atom is -0.289 e. The summed E-state index contributed by atoms with van der Waals surface area (Å²) in [6.07, 6.45) is 0. The lowest BCUT2D eigenvalue weighted by Gasteiger charge is -2.11. The number of halogens is 2. The third-order valence-corrected chi connectivity index (χ3v) is 3.99. The fraction of sp³-hybridized carbons (Fsp3) is 0.250. The molecule has 0 fully saturated rings. The van der Waals surface area contributed by atoms with Gasteiger partial charge >= 0.3 is 5.69 Å². The summed E-state index contributed by atoms with van der Waals surface area (Å²) >= 11 is 9.25. The van der Waals surface area contributed by atoms with Gasteiger partial charge in [0.05, 0.1) is 22.4 Å². The van der Waals surface area contributed by atoms with Gasteiger partial charge in [0, 0.05) is 5.69 Å². The van der Waals surface area contributed by atoms with Gasteiger partial charge in [-0.2, -0.15) is 4.98 Å². The van der Waals surface area contributed by atoms with E-state index in [9.17, 15) is 4.79 Å². The first kappa shape index (κ1) is 13.2. The van der Waals surface area contributed by atoms with E-state index >= 15 is 0 Å². The Bertz CT molecular complexity index is 654. The lowest BCUT2D eigenvalue weighted by Crippen LogP contribution is -2.27. The number of aromatic nitrogens is 3. The Morgan fingerprint density at radius 2 is 2.06 bits per heavy atom. The first-order valence-corrected chi connectivity index (χ1v) is 6.51. The highest BCUT2D eigenvalue weighted by atomic mass is 79.9. The van der Waals surface area contributed by atoms with Crippen LogP contribution in [-0.2, 0) is 6.54 Å². The smallest absolute Gasteiger partial charge is 0.289 e. The molecule has 0 spiro atoms. The summed E-state index contributed by atoms with van der Waals surface area (Å²) in [7, 11) is 0. The number of hydrogen-bond acceptors (Lipinski definition) is 3. The van der Waals surface area contributed by atoms with Crippen LogP contribution in [0.5, 0.6) is 0 Å². The lowest BCUT2D eigenvalue weighted by atomic mass is 10.3. The SMILES string of the molecule is Cc1nc(=O)n(Cc2cccc(Cl)n2)c(C)c1Br. The highest BCUT2D eigenvalue weighted by Gasteiger charge is 2.10. The Balaban J connectivity index is 2.47. The van der Waals surface area contributed by atoms with E-state index in [0.717, 1.165) is 15.9 Å². The van der Waals surface area contributed by atoms with Crippen LogP contribution in [-0.4, -0.2) is 14.5 Å². The summed E-state index contributed by atoms with van der Waals surface area (Å²) in [4.78, 5) is 20.0. The molecule has 0 radical (unpaired) electrons. The maximum absolute atomic E-state index is 11.9. The maximum atomic E-state index is 11.9. The molecular weight excluding hydrogens is 318 g/mol. The summed E-state index contributed by atoms with van der Waals surface area (Å²) < 4.78 is 2.40. The van der Waals surface area contributed by atoms with Crippen LogP contribution in [0.1, 0.15) is 17.1 Å². The molecule has 2 rings (SSSR count). The molecule has 2 aromatic heterocycles. The molecule has 4 nitrogen and oxygen atoms in total. The molecule has 0 N–H and O–H groups in total. The Labute approximate surface area is 118 Å². The van der Waals surface area contributed by atoms with E-state index in [1.807, 2.05) is 19.1 Å². The second-order valence-electron chi connectivity index (χ2n) is 3.92. The van der Waals surface area contributed by atoms with Gasteiger partial charge in [-0.25, -0.2) is 9.78 Å². The summed E-state index contributed by atoms with van der Waals surface area (Å²) in [6.45, 7) is 4.02. The van der Waals surface area contributed by atoms with Crippen molar-refractivity contribution in [2.45, 2.75) is 20.4 Å². The van der Waals surface area contributed by atoms with Crippen LogP contribution in [0.3, 0.4) is 0 Å². The van der Waals surface area contributed by atoms with Crippen LogP contribution in [0.15, 0.2) is 27.5 Å². The van der Waals surface area contributed by atoms with Crippen molar-refractivity contribution in [3.8, 4) is 0 Å². The van der Waals surface area contributed by atoms with Crippen molar-refractivity contribution in [1.82, 2.24) is 14.5 Å². The molecule has 2 heterocycles. The third kappa shape index (κ3) is 2.62. The molecule has 0 saturated carbocycles. The van der Waals surface area contributed by atoms with Crippen molar-refractivity contribution >= 4 is 27.5 Å². The molecule has 94 valence electrons. The van der Waals surface area contributed by atoms with Crippen LogP contribution in [0.25, 0.3) is 0 Å². The number of rotatable bonds is 2. The summed E-state index contributed by atoms with van der Waals surface area (Å²) in [5, 5.41) is 0.414. The topological polar surface area (TPSA) is 47.8 Å². The molecule has 0 unspecified atom stereocenters. The zero-order chi connectivity index (χ0) is 13.3. The van der Waals surface area contributed by atoms with Gasteiger partial charge in [-0.15, -0.1) is 0 Å². The van der Waals surface area contributed by atoms with E-state index < -0.39 is 0 Å². The predicted molar refractivity (Wildman–Crippen MR) is 74.0 cm³/mol. The van der Waals surface area contributed by atoms with Gasteiger partial charge in [-0.3, -0.25) is 4.57 Å². The maximum Gasteiger partial charge on any atom is 0.348 e. The summed E-state index contributed by atoms with van der Waals surface area (Å²) in [6, 6.07) is 5.33. The zero-order valence-electron chi connectivity index (χ0n) is 9.94. The Morgan fingerprint density at radius 3 is 2.72 bits per heavy atom. The number of hydrogen-bond donors (Lipinski definition) is 0. The lowest BCUT2D eigenvalue weighted by molar-refractivity contribution is 0.676. The highest BCUT2D eigenvalue weighted by Crippen LogP contribution is 2.17. The second kappa shape index (κ2) is 5.20. The van der Waals surface area contributed by atoms with Crippen molar-refractivity contribution < 1.29 is 0 Å². The molecular formula is C12H11BrClN3O. The molecule has 0 aliphatic heterocycles. The van der Waals surface area contributed by atoms with Gasteiger partial charge in [-0.05, 0) is 41.9 Å². The first-order valence-electron chi connectivity index (χ1n) is 5.34. The van der Waals surface area contributed by atoms with Crippen LogP contribution in [0, 0.1) is 13.8 Å². The Morgan fingerprint density at radius 1 is 1.33 bits per heavy atom. The van der Waals surface area contributed by atoms with Gasteiger partial charge in [0.2, 0.25) is 0 Å². The minimum absolute atomic E-state index is 0.282. The van der Waals surface area contributed by atoms with E-state index in [4.69, 9.17) is 11.6 Å². The third-order valence-electron chi connectivity index (χ3n) is 2.63. The quantitative estimate of drug-likeness (QED) is 0.796. The number of pyridine rings is 1. The molecule has 18 heavy (non-hydrogen) atoms. The van der Waals surface area contributed by atoms with Crippen LogP contribution in [0.4, 0.5) is 0 Å². The van der Waals surface area contributed by atoms with Crippen molar-refractivity contribution in [2.24, 2.45) is 0 Å². The van der Waals surface area contributed by atoms with E-state index in [0.29, 0.717) is 17.4 Å². The molecule has 0 saturated heterocycles. The second-order valence-corrected chi connectivity index (χ2v) is 5.10. The van der Waals surface area contributed by atoms with Crippen molar-refractivity contribution in [3.63, 3.8) is 0 Å². The molecule has 0 aliphatic carbocycles.